The summed E-state index contributed by atoms with van der Waals surface area (Å²) in [5.41, 5.74) is 7.73. The molecule has 5 aromatic rings. The molecular formula is C33H34N6S. The number of hydrogen-bond acceptors (Lipinski definition) is 7. The number of thiol groups is 1. The summed E-state index contributed by atoms with van der Waals surface area (Å²) in [5.74, 6) is 0. The fourth-order valence-electron chi connectivity index (χ4n) is 4.88. The summed E-state index contributed by atoms with van der Waals surface area (Å²) in [5, 5.41) is 0. The molecule has 202 valence electrons. The molecule has 40 heavy (non-hydrogen) atoms. The fourth-order valence-corrected chi connectivity index (χ4v) is 5.15. The van der Waals surface area contributed by atoms with Gasteiger partial charge in [0.05, 0.1) is 22.8 Å². The van der Waals surface area contributed by atoms with Crippen molar-refractivity contribution in [3.8, 4) is 0 Å². The van der Waals surface area contributed by atoms with Crippen molar-refractivity contribution in [3.05, 3.63) is 149 Å². The Morgan fingerprint density at radius 3 is 1.10 bits per heavy atom. The second-order valence-corrected chi connectivity index (χ2v) is 10.5. The Kier molecular flexibility index (Phi) is 9.63. The van der Waals surface area contributed by atoms with Crippen molar-refractivity contribution < 1.29 is 0 Å². The highest BCUT2D eigenvalue weighted by atomic mass is 32.1. The summed E-state index contributed by atoms with van der Waals surface area (Å²) in [6, 6.07) is 28.7. The summed E-state index contributed by atoms with van der Waals surface area (Å²) in [7, 11) is 0. The quantitative estimate of drug-likeness (QED) is 0.186. The van der Waals surface area contributed by atoms with Gasteiger partial charge in [0.15, 0.2) is 0 Å². The van der Waals surface area contributed by atoms with Crippen molar-refractivity contribution in [1.82, 2.24) is 29.7 Å². The molecule has 0 aliphatic heterocycles. The third kappa shape index (κ3) is 8.05. The average molecular weight is 547 g/mol. The molecule has 1 aromatic carbocycles. The molecule has 0 aliphatic carbocycles. The third-order valence-electron chi connectivity index (χ3n) is 6.65. The summed E-state index contributed by atoms with van der Waals surface area (Å²) < 4.78 is 0. The number of benzene rings is 1. The lowest BCUT2D eigenvalue weighted by Crippen LogP contribution is -2.25. The minimum Gasteiger partial charge on any atom is -0.287 e. The Labute approximate surface area is 242 Å². The van der Waals surface area contributed by atoms with Gasteiger partial charge in [0.2, 0.25) is 0 Å². The summed E-state index contributed by atoms with van der Waals surface area (Å²) >= 11 is 5.10. The normalized spacial score (nSPS) is 11.3. The Morgan fingerprint density at radius 2 is 0.825 bits per heavy atom. The van der Waals surface area contributed by atoms with E-state index in [-0.39, 0.29) is 0 Å². The molecule has 0 bridgehead atoms. The zero-order valence-electron chi connectivity index (χ0n) is 22.8. The molecular weight excluding hydrogens is 512 g/mol. The molecule has 6 nitrogen and oxygen atoms in total. The largest absolute Gasteiger partial charge is 0.287 e. The van der Waals surface area contributed by atoms with Crippen molar-refractivity contribution in [2.24, 2.45) is 0 Å². The number of aromatic nitrogens is 4. The van der Waals surface area contributed by atoms with Gasteiger partial charge >= 0.3 is 0 Å². The molecule has 5 rings (SSSR count). The van der Waals surface area contributed by atoms with Crippen LogP contribution in [0.25, 0.3) is 0 Å². The first kappa shape index (κ1) is 27.6. The second kappa shape index (κ2) is 13.9. The van der Waals surface area contributed by atoms with Crippen molar-refractivity contribution in [2.45, 2.75) is 51.1 Å². The molecule has 4 aromatic heterocycles. The van der Waals surface area contributed by atoms with E-state index in [1.807, 2.05) is 73.3 Å². The molecule has 0 radical (unpaired) electrons. The van der Waals surface area contributed by atoms with E-state index in [1.54, 1.807) is 0 Å². The van der Waals surface area contributed by atoms with Crippen molar-refractivity contribution in [2.75, 3.05) is 0 Å². The highest BCUT2D eigenvalue weighted by Gasteiger charge is 2.17. The molecule has 0 saturated heterocycles. The average Bonchev–Trinajstić information content (AvgIpc) is 2.97. The molecule has 0 unspecified atom stereocenters. The number of aryl methyl sites for hydroxylation is 1. The topological polar surface area (TPSA) is 58.0 Å². The van der Waals surface area contributed by atoms with E-state index in [9.17, 15) is 0 Å². The molecule has 7 heteroatoms. The number of pyridine rings is 4. The molecule has 0 N–H and O–H groups in total. The zero-order valence-corrected chi connectivity index (χ0v) is 23.7. The molecule has 0 spiro atoms. The molecule has 0 saturated carbocycles. The van der Waals surface area contributed by atoms with Crippen LogP contribution in [0.2, 0.25) is 0 Å². The van der Waals surface area contributed by atoms with Crippen LogP contribution in [-0.4, -0.2) is 29.7 Å². The van der Waals surface area contributed by atoms with Crippen LogP contribution in [0.5, 0.6) is 0 Å². The van der Waals surface area contributed by atoms with Gasteiger partial charge in [0.25, 0.3) is 0 Å². The van der Waals surface area contributed by atoms with E-state index < -0.39 is 0 Å². The maximum Gasteiger partial charge on any atom is 0.0544 e. The maximum atomic E-state index is 5.10. The molecule has 0 fully saturated rings. The van der Waals surface area contributed by atoms with Crippen LogP contribution in [-0.2, 0) is 39.3 Å². The van der Waals surface area contributed by atoms with E-state index in [4.69, 9.17) is 12.6 Å². The highest BCUT2D eigenvalue weighted by molar-refractivity contribution is 7.80. The van der Waals surface area contributed by atoms with Crippen LogP contribution in [0.15, 0.2) is 115 Å². The van der Waals surface area contributed by atoms with E-state index >= 15 is 0 Å². The Bertz CT molecular complexity index is 1270. The SMILES string of the molecule is Cc1cc(CN(Cc2ccccn2)Cc2ccccn2)c(S)c(CN(Cc2ccccn2)Cc2ccccn2)c1. The lowest BCUT2D eigenvalue weighted by Gasteiger charge is -2.26. The van der Waals surface area contributed by atoms with Crippen LogP contribution in [0.3, 0.4) is 0 Å². The van der Waals surface area contributed by atoms with E-state index in [0.29, 0.717) is 0 Å². The van der Waals surface area contributed by atoms with Gasteiger partial charge in [0, 0.05) is 69.0 Å². The van der Waals surface area contributed by atoms with Gasteiger partial charge in [-0.2, -0.15) is 0 Å². The lowest BCUT2D eigenvalue weighted by molar-refractivity contribution is 0.234. The maximum absolute atomic E-state index is 5.10. The van der Waals surface area contributed by atoms with E-state index in [1.165, 1.54) is 16.7 Å². The third-order valence-corrected chi connectivity index (χ3v) is 7.22. The van der Waals surface area contributed by atoms with Gasteiger partial charge in [-0.05, 0) is 66.6 Å². The standard InChI is InChI=1S/C33H34N6S/c1-26-18-27(20-38(22-29-10-2-6-14-34-29)23-30-11-3-7-15-35-30)33(40)28(19-26)21-39(24-31-12-4-8-16-36-31)25-32-13-5-9-17-37-32/h2-19,40H,20-25H2,1H3. The summed E-state index contributed by atoms with van der Waals surface area (Å²) in [4.78, 5) is 24.1. The number of hydrogen-bond donors (Lipinski definition) is 1. The minimum atomic E-state index is 0.722. The Balaban J connectivity index is 1.40. The first-order valence-corrected chi connectivity index (χ1v) is 13.9. The molecule has 4 heterocycles. The van der Waals surface area contributed by atoms with Crippen molar-refractivity contribution >= 4 is 12.6 Å². The van der Waals surface area contributed by atoms with Crippen LogP contribution >= 0.6 is 12.6 Å². The highest BCUT2D eigenvalue weighted by Crippen LogP contribution is 2.26. The van der Waals surface area contributed by atoms with Crippen molar-refractivity contribution in [3.63, 3.8) is 0 Å². The van der Waals surface area contributed by atoms with Crippen molar-refractivity contribution in [1.29, 1.82) is 0 Å². The van der Waals surface area contributed by atoms with Crippen LogP contribution in [0, 0.1) is 6.92 Å². The summed E-state index contributed by atoms with van der Waals surface area (Å²) in [6.45, 7) is 6.52. The van der Waals surface area contributed by atoms with E-state index in [2.05, 4.69) is 73.1 Å². The van der Waals surface area contributed by atoms with Gasteiger partial charge < -0.3 is 0 Å². The predicted octanol–water partition coefficient (Wildman–Crippen LogP) is 6.27. The molecule has 0 atom stereocenters. The lowest BCUT2D eigenvalue weighted by atomic mass is 10.0. The second-order valence-electron chi connectivity index (χ2n) is 10.0. The van der Waals surface area contributed by atoms with Gasteiger partial charge in [-0.25, -0.2) is 0 Å². The van der Waals surface area contributed by atoms with Gasteiger partial charge in [-0.3, -0.25) is 29.7 Å². The molecule has 0 aliphatic rings. The van der Waals surface area contributed by atoms with Crippen LogP contribution < -0.4 is 0 Å². The zero-order chi connectivity index (χ0) is 27.6. The minimum absolute atomic E-state index is 0.722. The number of nitrogens with zero attached hydrogens (tertiary/aromatic N) is 6. The van der Waals surface area contributed by atoms with Gasteiger partial charge in [-0.1, -0.05) is 42.0 Å². The predicted molar refractivity (Wildman–Crippen MR) is 161 cm³/mol. The smallest absolute Gasteiger partial charge is 0.0544 e. The Hall–Kier alpha value is -3.91. The van der Waals surface area contributed by atoms with Crippen LogP contribution in [0.1, 0.15) is 39.5 Å². The first-order chi connectivity index (χ1) is 19.6. The fraction of sp³-hybridized carbons (Fsp3) is 0.212. The Morgan fingerprint density at radius 1 is 0.500 bits per heavy atom. The van der Waals surface area contributed by atoms with E-state index in [0.717, 1.165) is 66.9 Å². The number of rotatable bonds is 12. The summed E-state index contributed by atoms with van der Waals surface area (Å²) in [6.07, 6.45) is 7.39. The monoisotopic (exact) mass is 546 g/mol. The van der Waals surface area contributed by atoms with Gasteiger partial charge in [0.1, 0.15) is 0 Å². The van der Waals surface area contributed by atoms with Crippen LogP contribution in [0.4, 0.5) is 0 Å². The molecule has 0 amide bonds. The van der Waals surface area contributed by atoms with Gasteiger partial charge in [-0.15, -0.1) is 12.6 Å². The first-order valence-electron chi connectivity index (χ1n) is 13.5.